The molecule has 36 heavy (non-hydrogen) atoms. The van der Waals surface area contributed by atoms with Crippen LogP contribution in [0.25, 0.3) is 28.5 Å². The molecule has 1 aromatic carbocycles. The van der Waals surface area contributed by atoms with Gasteiger partial charge in [0.2, 0.25) is 5.95 Å². The number of imidazole rings is 2. The molecule has 4 heterocycles. The number of tetrazole rings is 1. The Morgan fingerprint density at radius 2 is 1.89 bits per heavy atom. The monoisotopic (exact) mass is 483 g/mol. The quantitative estimate of drug-likeness (QED) is 0.338. The molecule has 10 heteroatoms. The summed E-state index contributed by atoms with van der Waals surface area (Å²) >= 11 is 0. The first kappa shape index (κ1) is 23.4. The lowest BCUT2D eigenvalue weighted by Gasteiger charge is -2.11. The van der Waals surface area contributed by atoms with E-state index in [1.807, 2.05) is 64.1 Å². The van der Waals surface area contributed by atoms with Crippen LogP contribution in [0.3, 0.4) is 0 Å². The Hall–Kier alpha value is -4.34. The summed E-state index contributed by atoms with van der Waals surface area (Å²) in [5, 5.41) is 14.2. The van der Waals surface area contributed by atoms with E-state index in [2.05, 4.69) is 46.4 Å². The van der Waals surface area contributed by atoms with Crippen LogP contribution in [0.15, 0.2) is 66.0 Å². The Labute approximate surface area is 208 Å². The summed E-state index contributed by atoms with van der Waals surface area (Å²) in [5.41, 5.74) is 4.50. The van der Waals surface area contributed by atoms with Crippen molar-refractivity contribution in [2.75, 3.05) is 0 Å². The van der Waals surface area contributed by atoms with E-state index in [4.69, 9.17) is 4.98 Å². The van der Waals surface area contributed by atoms with Gasteiger partial charge in [0.1, 0.15) is 0 Å². The average molecular weight is 484 g/mol. The molecule has 0 saturated heterocycles. The summed E-state index contributed by atoms with van der Waals surface area (Å²) < 4.78 is 5.47. The second-order valence-electron chi connectivity index (χ2n) is 9.02. The highest BCUT2D eigenvalue weighted by Gasteiger charge is 2.18. The van der Waals surface area contributed by atoms with Gasteiger partial charge >= 0.3 is 5.69 Å². The fourth-order valence-electron chi connectivity index (χ4n) is 4.35. The average Bonchev–Trinajstić information content (AvgIpc) is 3.65. The van der Waals surface area contributed by atoms with Crippen LogP contribution in [0.4, 0.5) is 0 Å². The van der Waals surface area contributed by atoms with Gasteiger partial charge in [-0.25, -0.2) is 19.4 Å². The Morgan fingerprint density at radius 1 is 1.06 bits per heavy atom. The van der Waals surface area contributed by atoms with E-state index in [-0.39, 0.29) is 11.7 Å². The van der Waals surface area contributed by atoms with Crippen LogP contribution in [0.5, 0.6) is 0 Å². The van der Waals surface area contributed by atoms with Crippen LogP contribution >= 0.6 is 0 Å². The normalized spacial score (nSPS) is 11.4. The van der Waals surface area contributed by atoms with Gasteiger partial charge < -0.3 is 4.57 Å². The topological polar surface area (TPSA) is 112 Å². The van der Waals surface area contributed by atoms with Crippen molar-refractivity contribution in [1.29, 1.82) is 0 Å². The number of nitrogens with zero attached hydrogens (tertiary/aromatic N) is 8. The molecule has 5 aromatic rings. The van der Waals surface area contributed by atoms with E-state index >= 15 is 0 Å². The molecule has 10 nitrogen and oxygen atoms in total. The molecule has 0 saturated carbocycles. The number of H-pyrrole nitrogens is 1. The number of rotatable bonds is 9. The van der Waals surface area contributed by atoms with Crippen LogP contribution in [0.1, 0.15) is 51.0 Å². The third-order valence-corrected chi connectivity index (χ3v) is 6.25. The number of hydrogen-bond donors (Lipinski definition) is 1. The summed E-state index contributed by atoms with van der Waals surface area (Å²) in [6.07, 6.45) is 10.3. The van der Waals surface area contributed by atoms with Crippen LogP contribution < -0.4 is 5.69 Å². The van der Waals surface area contributed by atoms with Crippen LogP contribution in [-0.4, -0.2) is 44.3 Å². The molecular formula is C26H29N9O. The smallest absolute Gasteiger partial charge is 0.314 e. The van der Waals surface area contributed by atoms with Crippen molar-refractivity contribution in [2.24, 2.45) is 0 Å². The van der Waals surface area contributed by atoms with E-state index in [0.717, 1.165) is 47.3 Å². The molecule has 0 radical (unpaired) electrons. The molecule has 184 valence electrons. The number of benzene rings is 1. The molecule has 5 rings (SSSR count). The van der Waals surface area contributed by atoms with Crippen molar-refractivity contribution in [1.82, 2.24) is 44.3 Å². The second kappa shape index (κ2) is 10.1. The fraction of sp³-hybridized carbons (Fsp3) is 0.308. The number of hydrogen-bond acceptors (Lipinski definition) is 6. The lowest BCUT2D eigenvalue weighted by Crippen LogP contribution is -2.27. The van der Waals surface area contributed by atoms with Crippen molar-refractivity contribution in [2.45, 2.75) is 52.6 Å². The Morgan fingerprint density at radius 3 is 2.58 bits per heavy atom. The van der Waals surface area contributed by atoms with Gasteiger partial charge in [0.15, 0.2) is 5.82 Å². The fourth-order valence-corrected chi connectivity index (χ4v) is 4.35. The lowest BCUT2D eigenvalue weighted by molar-refractivity contribution is 0.576. The highest BCUT2D eigenvalue weighted by molar-refractivity contribution is 5.79. The predicted molar refractivity (Wildman–Crippen MR) is 137 cm³/mol. The van der Waals surface area contributed by atoms with Gasteiger partial charge in [-0.1, -0.05) is 43.7 Å². The maximum atomic E-state index is 13.5. The van der Waals surface area contributed by atoms with Gasteiger partial charge in [0.25, 0.3) is 0 Å². The summed E-state index contributed by atoms with van der Waals surface area (Å²) in [7, 11) is 0. The largest absolute Gasteiger partial charge is 0.335 e. The van der Waals surface area contributed by atoms with Gasteiger partial charge in [-0.2, -0.15) is 0 Å². The minimum absolute atomic E-state index is 0.108. The Kier molecular flexibility index (Phi) is 6.57. The van der Waals surface area contributed by atoms with Crippen molar-refractivity contribution in [3.05, 3.63) is 83.1 Å². The summed E-state index contributed by atoms with van der Waals surface area (Å²) in [6.45, 7) is 6.70. The van der Waals surface area contributed by atoms with Gasteiger partial charge in [-0.3, -0.25) is 9.55 Å². The summed E-state index contributed by atoms with van der Waals surface area (Å²) in [4.78, 5) is 22.7. The second-order valence-corrected chi connectivity index (χ2v) is 9.02. The highest BCUT2D eigenvalue weighted by atomic mass is 16.1. The number of aromatic amines is 1. The standard InChI is InChI=1S/C26H29N9O/c1-4-5-8-21-17-35(25-27-13-14-33(25)18(2)3)26(36)34(21)16-20-12-11-19(15-28-20)22-9-6-7-10-23(22)24-29-31-32-30-24/h6-7,9-15,17-18H,4-5,8,16H2,1-3H3,(H,29,30,31,32). The zero-order valence-electron chi connectivity index (χ0n) is 20.7. The van der Waals surface area contributed by atoms with Crippen LogP contribution in [0, 0.1) is 0 Å². The molecule has 0 unspecified atom stereocenters. The first-order valence-electron chi connectivity index (χ1n) is 12.2. The maximum absolute atomic E-state index is 13.5. The molecule has 0 atom stereocenters. The van der Waals surface area contributed by atoms with Gasteiger partial charge in [0, 0.05) is 47.7 Å². The van der Waals surface area contributed by atoms with Crippen LogP contribution in [0.2, 0.25) is 0 Å². The highest BCUT2D eigenvalue weighted by Crippen LogP contribution is 2.29. The number of aromatic nitrogens is 9. The number of aryl methyl sites for hydroxylation is 1. The van der Waals surface area contributed by atoms with Gasteiger partial charge in [-0.15, -0.1) is 5.10 Å². The molecule has 0 aliphatic heterocycles. The molecular weight excluding hydrogens is 454 g/mol. The zero-order chi connectivity index (χ0) is 25.1. The van der Waals surface area contributed by atoms with Gasteiger partial charge in [-0.05, 0) is 48.7 Å². The lowest BCUT2D eigenvalue weighted by atomic mass is 10.0. The first-order chi connectivity index (χ1) is 17.6. The Bertz CT molecular complexity index is 1490. The minimum atomic E-state index is -0.108. The van der Waals surface area contributed by atoms with E-state index in [1.54, 1.807) is 10.8 Å². The summed E-state index contributed by atoms with van der Waals surface area (Å²) in [5.74, 6) is 1.23. The molecule has 4 aromatic heterocycles. The summed E-state index contributed by atoms with van der Waals surface area (Å²) in [6, 6.07) is 12.1. The number of pyridine rings is 1. The molecule has 0 bridgehead atoms. The van der Waals surface area contributed by atoms with Crippen molar-refractivity contribution in [3.63, 3.8) is 0 Å². The molecule has 1 N–H and O–H groups in total. The molecule has 0 aliphatic carbocycles. The first-order valence-corrected chi connectivity index (χ1v) is 12.2. The third kappa shape index (κ3) is 4.49. The van der Waals surface area contributed by atoms with Crippen molar-refractivity contribution in [3.8, 4) is 28.5 Å². The van der Waals surface area contributed by atoms with E-state index in [0.29, 0.717) is 18.3 Å². The van der Waals surface area contributed by atoms with E-state index in [9.17, 15) is 4.79 Å². The number of unbranched alkanes of at least 4 members (excludes halogenated alkanes) is 1. The van der Waals surface area contributed by atoms with E-state index < -0.39 is 0 Å². The van der Waals surface area contributed by atoms with Crippen LogP contribution in [-0.2, 0) is 13.0 Å². The predicted octanol–water partition coefficient (Wildman–Crippen LogP) is 4.05. The molecule has 0 aliphatic rings. The minimum Gasteiger partial charge on any atom is -0.314 e. The van der Waals surface area contributed by atoms with Crippen molar-refractivity contribution >= 4 is 0 Å². The SMILES string of the molecule is CCCCc1cn(-c2nccn2C(C)C)c(=O)n1Cc1ccc(-c2ccccc2-c2nnn[nH]2)cn1. The molecule has 0 amide bonds. The Balaban J connectivity index is 1.47. The molecule has 0 fully saturated rings. The van der Waals surface area contributed by atoms with Gasteiger partial charge in [0.05, 0.1) is 12.2 Å². The number of nitrogens with one attached hydrogen (secondary N) is 1. The van der Waals surface area contributed by atoms with Crippen molar-refractivity contribution < 1.29 is 0 Å². The maximum Gasteiger partial charge on any atom is 0.335 e. The third-order valence-electron chi connectivity index (χ3n) is 6.25. The van der Waals surface area contributed by atoms with E-state index in [1.165, 1.54) is 0 Å². The molecule has 0 spiro atoms. The zero-order valence-corrected chi connectivity index (χ0v) is 20.7.